The van der Waals surface area contributed by atoms with Crippen LogP contribution in [0.1, 0.15) is 37.1 Å². The van der Waals surface area contributed by atoms with Gasteiger partial charge in [0.25, 0.3) is 0 Å². The molecular weight excluding hydrogens is 278 g/mol. The van der Waals surface area contributed by atoms with Crippen LogP contribution in [0.25, 0.3) is 0 Å². The Kier molecular flexibility index (Phi) is 4.47. The molecule has 0 radical (unpaired) electrons. The molecule has 22 heavy (non-hydrogen) atoms. The van der Waals surface area contributed by atoms with Gasteiger partial charge in [-0.15, -0.1) is 0 Å². The van der Waals surface area contributed by atoms with Gasteiger partial charge < -0.3 is 14.1 Å². The molecule has 1 aliphatic rings. The van der Waals surface area contributed by atoms with Crippen LogP contribution in [0.2, 0.25) is 0 Å². The van der Waals surface area contributed by atoms with E-state index in [4.69, 9.17) is 9.15 Å². The number of carbonyl (C=O) groups excluding carboxylic acids is 1. The van der Waals surface area contributed by atoms with E-state index in [9.17, 15) is 4.79 Å². The molecule has 0 N–H and O–H groups in total. The number of likely N-dealkylation sites (tertiary alicyclic amines) is 1. The van der Waals surface area contributed by atoms with E-state index >= 15 is 0 Å². The lowest BCUT2D eigenvalue weighted by Crippen LogP contribution is -2.31. The fourth-order valence-corrected chi connectivity index (χ4v) is 2.99. The van der Waals surface area contributed by atoms with Gasteiger partial charge in [0.05, 0.1) is 25.3 Å². The van der Waals surface area contributed by atoms with E-state index in [0.29, 0.717) is 13.0 Å². The van der Waals surface area contributed by atoms with Gasteiger partial charge in [0.2, 0.25) is 5.91 Å². The number of amides is 1. The number of nitrogens with zero attached hydrogens (tertiary/aromatic N) is 1. The maximum absolute atomic E-state index is 12.6. The highest BCUT2D eigenvalue weighted by molar-refractivity contribution is 5.79. The Balaban J connectivity index is 1.66. The summed E-state index contributed by atoms with van der Waals surface area (Å²) in [6, 6.07) is 11.7. The smallest absolute Gasteiger partial charge is 0.227 e. The predicted octanol–water partition coefficient (Wildman–Crippen LogP) is 3.58. The third kappa shape index (κ3) is 3.16. The minimum atomic E-state index is 0.0881. The standard InChI is InChI=1S/C18H21NO3/c1-2-21-15-9-7-14(8-10-15)13-18(20)19-11-3-5-16(19)17-6-4-12-22-17/h4,6-10,12,16H,2-3,5,11,13H2,1H3/t16-/m1/s1. The maximum Gasteiger partial charge on any atom is 0.227 e. The van der Waals surface area contributed by atoms with Crippen LogP contribution in [0.15, 0.2) is 47.1 Å². The molecule has 116 valence electrons. The zero-order chi connectivity index (χ0) is 15.4. The quantitative estimate of drug-likeness (QED) is 0.847. The van der Waals surface area contributed by atoms with E-state index in [-0.39, 0.29) is 11.9 Å². The normalized spacial score (nSPS) is 17.7. The Bertz CT molecular complexity index is 604. The van der Waals surface area contributed by atoms with E-state index in [1.807, 2.05) is 48.2 Å². The molecule has 1 aliphatic heterocycles. The molecule has 1 aromatic carbocycles. The first kappa shape index (κ1) is 14.7. The van der Waals surface area contributed by atoms with Gasteiger partial charge >= 0.3 is 0 Å². The molecule has 0 spiro atoms. The number of furan rings is 1. The molecule has 4 nitrogen and oxygen atoms in total. The molecule has 1 atom stereocenters. The van der Waals surface area contributed by atoms with Crippen LogP contribution in [0.5, 0.6) is 5.75 Å². The third-order valence-corrected chi connectivity index (χ3v) is 4.03. The third-order valence-electron chi connectivity index (χ3n) is 4.03. The molecule has 0 aliphatic carbocycles. The van der Waals surface area contributed by atoms with E-state index in [2.05, 4.69) is 0 Å². The number of hydrogen-bond donors (Lipinski definition) is 0. The number of ether oxygens (including phenoxy) is 1. The maximum atomic E-state index is 12.6. The molecule has 2 heterocycles. The van der Waals surface area contributed by atoms with Gasteiger partial charge in [0, 0.05) is 6.54 Å². The van der Waals surface area contributed by atoms with Crippen molar-refractivity contribution in [2.45, 2.75) is 32.2 Å². The first-order valence-electron chi connectivity index (χ1n) is 7.82. The molecule has 1 aromatic heterocycles. The minimum Gasteiger partial charge on any atom is -0.494 e. The number of carbonyl (C=O) groups is 1. The molecular formula is C18H21NO3. The molecule has 4 heteroatoms. The highest BCUT2D eigenvalue weighted by atomic mass is 16.5. The predicted molar refractivity (Wildman–Crippen MR) is 83.7 cm³/mol. The largest absolute Gasteiger partial charge is 0.494 e. The molecule has 0 saturated carbocycles. The molecule has 3 rings (SSSR count). The van der Waals surface area contributed by atoms with Gasteiger partial charge in [-0.25, -0.2) is 0 Å². The Morgan fingerprint density at radius 2 is 2.14 bits per heavy atom. The zero-order valence-corrected chi connectivity index (χ0v) is 12.8. The second-order valence-electron chi connectivity index (χ2n) is 5.51. The van der Waals surface area contributed by atoms with Crippen LogP contribution in [-0.2, 0) is 11.2 Å². The average molecular weight is 299 g/mol. The highest BCUT2D eigenvalue weighted by Gasteiger charge is 2.31. The second-order valence-corrected chi connectivity index (χ2v) is 5.51. The van der Waals surface area contributed by atoms with Crippen LogP contribution >= 0.6 is 0 Å². The highest BCUT2D eigenvalue weighted by Crippen LogP contribution is 2.32. The fourth-order valence-electron chi connectivity index (χ4n) is 2.99. The minimum absolute atomic E-state index is 0.0881. The summed E-state index contributed by atoms with van der Waals surface area (Å²) in [5.74, 6) is 1.88. The van der Waals surface area contributed by atoms with Crippen molar-refractivity contribution in [3.63, 3.8) is 0 Å². The summed E-state index contributed by atoms with van der Waals surface area (Å²) in [7, 11) is 0. The van der Waals surface area contributed by atoms with Gasteiger partial charge in [0.15, 0.2) is 0 Å². The molecule has 2 aromatic rings. The van der Waals surface area contributed by atoms with Gasteiger partial charge in [-0.05, 0) is 49.6 Å². The Morgan fingerprint density at radius 3 is 2.82 bits per heavy atom. The summed E-state index contributed by atoms with van der Waals surface area (Å²) >= 11 is 0. The number of benzene rings is 1. The van der Waals surface area contributed by atoms with Gasteiger partial charge in [-0.2, -0.15) is 0 Å². The van der Waals surface area contributed by atoms with Crippen molar-refractivity contribution in [2.24, 2.45) is 0 Å². The Hall–Kier alpha value is -2.23. The van der Waals surface area contributed by atoms with E-state index in [0.717, 1.165) is 36.5 Å². The van der Waals surface area contributed by atoms with Crippen molar-refractivity contribution in [2.75, 3.05) is 13.2 Å². The number of rotatable bonds is 5. The van der Waals surface area contributed by atoms with Crippen LogP contribution in [0, 0.1) is 0 Å². The molecule has 1 amide bonds. The van der Waals surface area contributed by atoms with Gasteiger partial charge in [-0.3, -0.25) is 4.79 Å². The van der Waals surface area contributed by atoms with Crippen LogP contribution < -0.4 is 4.74 Å². The zero-order valence-electron chi connectivity index (χ0n) is 12.8. The Morgan fingerprint density at radius 1 is 1.32 bits per heavy atom. The van der Waals surface area contributed by atoms with Crippen LogP contribution in [0.4, 0.5) is 0 Å². The van der Waals surface area contributed by atoms with Crippen molar-refractivity contribution >= 4 is 5.91 Å². The summed E-state index contributed by atoms with van der Waals surface area (Å²) in [6.07, 6.45) is 4.09. The first-order valence-corrected chi connectivity index (χ1v) is 7.82. The summed E-state index contributed by atoms with van der Waals surface area (Å²) in [5, 5.41) is 0. The molecule has 0 bridgehead atoms. The van der Waals surface area contributed by atoms with E-state index < -0.39 is 0 Å². The van der Waals surface area contributed by atoms with Crippen molar-refractivity contribution in [3.05, 3.63) is 54.0 Å². The molecule has 1 fully saturated rings. The summed E-state index contributed by atoms with van der Waals surface area (Å²) in [4.78, 5) is 14.5. The molecule has 1 saturated heterocycles. The van der Waals surface area contributed by atoms with Gasteiger partial charge in [0.1, 0.15) is 11.5 Å². The molecule has 0 unspecified atom stereocenters. The van der Waals surface area contributed by atoms with Crippen molar-refractivity contribution < 1.29 is 13.9 Å². The topological polar surface area (TPSA) is 42.7 Å². The lowest BCUT2D eigenvalue weighted by atomic mass is 10.1. The lowest BCUT2D eigenvalue weighted by Gasteiger charge is -2.23. The summed E-state index contributed by atoms with van der Waals surface area (Å²) in [5.41, 5.74) is 1.01. The van der Waals surface area contributed by atoms with Crippen molar-refractivity contribution in [1.82, 2.24) is 4.90 Å². The first-order chi connectivity index (χ1) is 10.8. The lowest BCUT2D eigenvalue weighted by molar-refractivity contribution is -0.131. The van der Waals surface area contributed by atoms with Gasteiger partial charge in [-0.1, -0.05) is 12.1 Å². The van der Waals surface area contributed by atoms with E-state index in [1.54, 1.807) is 6.26 Å². The second kappa shape index (κ2) is 6.69. The van der Waals surface area contributed by atoms with Crippen molar-refractivity contribution in [1.29, 1.82) is 0 Å². The number of hydrogen-bond acceptors (Lipinski definition) is 3. The van der Waals surface area contributed by atoms with Crippen LogP contribution in [-0.4, -0.2) is 24.0 Å². The average Bonchev–Trinajstić information content (AvgIpc) is 3.20. The summed E-state index contributed by atoms with van der Waals surface area (Å²) < 4.78 is 10.9. The SMILES string of the molecule is CCOc1ccc(CC(=O)N2CCC[C@@H]2c2ccco2)cc1. The van der Waals surface area contributed by atoms with Crippen LogP contribution in [0.3, 0.4) is 0 Å². The van der Waals surface area contributed by atoms with Crippen molar-refractivity contribution in [3.8, 4) is 5.75 Å². The summed E-state index contributed by atoms with van der Waals surface area (Å²) in [6.45, 7) is 3.41. The van der Waals surface area contributed by atoms with E-state index in [1.165, 1.54) is 0 Å². The fraction of sp³-hybridized carbons (Fsp3) is 0.389. The monoisotopic (exact) mass is 299 g/mol. The Labute approximate surface area is 130 Å².